The van der Waals surface area contributed by atoms with E-state index < -0.39 is 0 Å². The molecule has 0 heterocycles. The van der Waals surface area contributed by atoms with Crippen molar-refractivity contribution in [3.05, 3.63) is 33.8 Å². The topological polar surface area (TPSA) is 12.0 Å². The summed E-state index contributed by atoms with van der Waals surface area (Å²) in [6.45, 7) is 0.764. The van der Waals surface area contributed by atoms with Crippen molar-refractivity contribution in [1.29, 1.82) is 0 Å². The molecule has 1 aromatic rings. The van der Waals surface area contributed by atoms with Crippen LogP contribution in [0.2, 0.25) is 10.0 Å². The molecule has 4 heteroatoms. The molecule has 0 aliphatic rings. The molecule has 0 fully saturated rings. The highest BCUT2D eigenvalue weighted by molar-refractivity contribution is 7.80. The Bertz CT molecular complexity index is 265. The lowest BCUT2D eigenvalue weighted by atomic mass is 10.2. The quantitative estimate of drug-likeness (QED) is 0.591. The van der Waals surface area contributed by atoms with E-state index in [0.29, 0.717) is 15.9 Å². The van der Waals surface area contributed by atoms with Crippen molar-refractivity contribution in [1.82, 2.24) is 5.32 Å². The van der Waals surface area contributed by atoms with Gasteiger partial charge in [-0.05, 0) is 17.7 Å². The summed E-state index contributed by atoms with van der Waals surface area (Å²) < 4.78 is 0. The summed E-state index contributed by atoms with van der Waals surface area (Å²) in [6, 6.07) is 5.57. The van der Waals surface area contributed by atoms with Crippen LogP contribution in [-0.2, 0) is 6.54 Å². The zero-order valence-electron chi connectivity index (χ0n) is 6.35. The van der Waals surface area contributed by atoms with E-state index in [1.165, 1.54) is 0 Å². The Kier molecular flexibility index (Phi) is 4.22. The minimum atomic E-state index is 0.589. The number of thiol groups is 1. The molecule has 0 radical (unpaired) electrons. The molecule has 0 saturated carbocycles. The van der Waals surface area contributed by atoms with Crippen molar-refractivity contribution < 1.29 is 0 Å². The zero-order valence-corrected chi connectivity index (χ0v) is 8.76. The first-order valence-corrected chi connectivity index (χ1v) is 4.88. The Morgan fingerprint density at radius 3 is 2.58 bits per heavy atom. The minimum Gasteiger partial charge on any atom is -0.304 e. The van der Waals surface area contributed by atoms with Gasteiger partial charge in [0.2, 0.25) is 0 Å². The standard InChI is InChI=1S/C8H9Cl2NS/c9-7-2-1-6(3-8(7)10)4-11-5-12/h1-3,11-12H,4-5H2. The van der Waals surface area contributed by atoms with Crippen molar-refractivity contribution >= 4 is 35.8 Å². The van der Waals surface area contributed by atoms with Gasteiger partial charge in [0.15, 0.2) is 0 Å². The average Bonchev–Trinajstić information content (AvgIpc) is 2.07. The lowest BCUT2D eigenvalue weighted by Gasteiger charge is -2.02. The maximum Gasteiger partial charge on any atom is 0.0595 e. The third-order valence-electron chi connectivity index (χ3n) is 1.42. The molecule has 1 nitrogen and oxygen atoms in total. The second-order valence-corrected chi connectivity index (χ2v) is 3.46. The number of rotatable bonds is 3. The van der Waals surface area contributed by atoms with Crippen molar-refractivity contribution in [2.75, 3.05) is 5.88 Å². The van der Waals surface area contributed by atoms with Gasteiger partial charge in [0.25, 0.3) is 0 Å². The molecular weight excluding hydrogens is 213 g/mol. The Balaban J connectivity index is 2.69. The number of nitrogens with one attached hydrogen (secondary N) is 1. The summed E-state index contributed by atoms with van der Waals surface area (Å²) in [5.74, 6) is 0.653. The van der Waals surface area contributed by atoms with E-state index in [1.807, 2.05) is 12.1 Å². The summed E-state index contributed by atoms with van der Waals surface area (Å²) >= 11 is 15.6. The fraction of sp³-hybridized carbons (Fsp3) is 0.250. The summed E-state index contributed by atoms with van der Waals surface area (Å²) in [4.78, 5) is 0. The van der Waals surface area contributed by atoms with E-state index in [-0.39, 0.29) is 0 Å². The Labute approximate surface area is 87.5 Å². The third-order valence-corrected chi connectivity index (χ3v) is 2.39. The predicted molar refractivity (Wildman–Crippen MR) is 57.2 cm³/mol. The summed E-state index contributed by atoms with van der Waals surface area (Å²) in [7, 11) is 0. The minimum absolute atomic E-state index is 0.589. The van der Waals surface area contributed by atoms with Gasteiger partial charge in [0.1, 0.15) is 0 Å². The first-order chi connectivity index (χ1) is 5.74. The second kappa shape index (κ2) is 4.97. The van der Waals surface area contributed by atoms with Crippen LogP contribution in [0.1, 0.15) is 5.56 Å². The molecule has 0 aromatic heterocycles. The third kappa shape index (κ3) is 2.87. The number of benzene rings is 1. The van der Waals surface area contributed by atoms with Crippen LogP contribution in [-0.4, -0.2) is 5.88 Å². The van der Waals surface area contributed by atoms with Gasteiger partial charge in [0, 0.05) is 12.4 Å². The van der Waals surface area contributed by atoms with Gasteiger partial charge in [-0.25, -0.2) is 0 Å². The number of halogens is 2. The van der Waals surface area contributed by atoms with Crippen LogP contribution in [0.25, 0.3) is 0 Å². The van der Waals surface area contributed by atoms with Gasteiger partial charge in [-0.15, -0.1) is 0 Å². The molecule has 1 aromatic carbocycles. The molecule has 0 atom stereocenters. The monoisotopic (exact) mass is 221 g/mol. The van der Waals surface area contributed by atoms with Crippen LogP contribution in [0, 0.1) is 0 Å². The highest BCUT2D eigenvalue weighted by Crippen LogP contribution is 2.22. The van der Waals surface area contributed by atoms with Gasteiger partial charge >= 0.3 is 0 Å². The van der Waals surface area contributed by atoms with Crippen molar-refractivity contribution in [2.45, 2.75) is 6.54 Å². The van der Waals surface area contributed by atoms with Crippen LogP contribution >= 0.6 is 35.8 Å². The van der Waals surface area contributed by atoms with Crippen LogP contribution in [0.3, 0.4) is 0 Å². The van der Waals surface area contributed by atoms with E-state index in [2.05, 4.69) is 17.9 Å². The number of hydrogen-bond donors (Lipinski definition) is 2. The van der Waals surface area contributed by atoms with E-state index in [0.717, 1.165) is 12.1 Å². The second-order valence-electron chi connectivity index (χ2n) is 2.33. The molecule has 66 valence electrons. The van der Waals surface area contributed by atoms with Crippen LogP contribution in [0.4, 0.5) is 0 Å². The van der Waals surface area contributed by atoms with Crippen molar-refractivity contribution in [3.8, 4) is 0 Å². The van der Waals surface area contributed by atoms with E-state index in [9.17, 15) is 0 Å². The molecule has 1 N–H and O–H groups in total. The van der Waals surface area contributed by atoms with Crippen molar-refractivity contribution in [3.63, 3.8) is 0 Å². The molecule has 0 aliphatic heterocycles. The Morgan fingerprint density at radius 2 is 2.00 bits per heavy atom. The molecule has 0 saturated heterocycles. The van der Waals surface area contributed by atoms with Gasteiger partial charge in [-0.3, -0.25) is 0 Å². The van der Waals surface area contributed by atoms with Gasteiger partial charge in [-0.1, -0.05) is 29.3 Å². The van der Waals surface area contributed by atoms with E-state index in [1.54, 1.807) is 6.07 Å². The largest absolute Gasteiger partial charge is 0.304 e. The fourth-order valence-corrected chi connectivity index (χ4v) is 1.28. The summed E-state index contributed by atoms with van der Waals surface area (Å²) in [5.41, 5.74) is 1.11. The van der Waals surface area contributed by atoms with Crippen LogP contribution in [0.15, 0.2) is 18.2 Å². The van der Waals surface area contributed by atoms with Gasteiger partial charge in [-0.2, -0.15) is 12.6 Å². The SMILES string of the molecule is SCNCc1ccc(Cl)c(Cl)c1. The molecular formula is C8H9Cl2NS. The Morgan fingerprint density at radius 1 is 1.25 bits per heavy atom. The molecule has 0 bridgehead atoms. The lowest BCUT2D eigenvalue weighted by Crippen LogP contribution is -2.09. The van der Waals surface area contributed by atoms with Crippen LogP contribution in [0.5, 0.6) is 0 Å². The molecule has 0 unspecified atom stereocenters. The van der Waals surface area contributed by atoms with Gasteiger partial charge in [0.05, 0.1) is 10.0 Å². The molecule has 0 amide bonds. The number of hydrogen-bond acceptors (Lipinski definition) is 2. The maximum atomic E-state index is 5.81. The summed E-state index contributed by atoms with van der Waals surface area (Å²) in [5, 5.41) is 4.26. The highest BCUT2D eigenvalue weighted by atomic mass is 35.5. The smallest absolute Gasteiger partial charge is 0.0595 e. The van der Waals surface area contributed by atoms with E-state index >= 15 is 0 Å². The van der Waals surface area contributed by atoms with Crippen molar-refractivity contribution in [2.24, 2.45) is 0 Å². The maximum absolute atomic E-state index is 5.81. The first kappa shape index (κ1) is 10.2. The van der Waals surface area contributed by atoms with Crippen LogP contribution < -0.4 is 5.32 Å². The average molecular weight is 222 g/mol. The normalized spacial score (nSPS) is 10.2. The van der Waals surface area contributed by atoms with Gasteiger partial charge < -0.3 is 5.32 Å². The molecule has 12 heavy (non-hydrogen) atoms. The highest BCUT2D eigenvalue weighted by Gasteiger charge is 1.97. The first-order valence-electron chi connectivity index (χ1n) is 3.49. The summed E-state index contributed by atoms with van der Waals surface area (Å²) in [6.07, 6.45) is 0. The molecule has 1 rings (SSSR count). The lowest BCUT2D eigenvalue weighted by molar-refractivity contribution is 0.799. The predicted octanol–water partition coefficient (Wildman–Crippen LogP) is 2.97. The Hall–Kier alpha value is 0.110. The molecule has 0 spiro atoms. The van der Waals surface area contributed by atoms with E-state index in [4.69, 9.17) is 23.2 Å². The zero-order chi connectivity index (χ0) is 8.97. The fourth-order valence-electron chi connectivity index (χ4n) is 0.850. The molecule has 0 aliphatic carbocycles.